The molecule has 138 valence electrons. The van der Waals surface area contributed by atoms with Crippen LogP contribution in [0.25, 0.3) is 0 Å². The second kappa shape index (κ2) is 7.81. The van der Waals surface area contributed by atoms with E-state index in [9.17, 15) is 9.59 Å². The Morgan fingerprint density at radius 2 is 1.88 bits per heavy atom. The molecule has 2 amide bonds. The van der Waals surface area contributed by atoms with Gasteiger partial charge in [0.15, 0.2) is 17.3 Å². The second-order valence-corrected chi connectivity index (χ2v) is 5.73. The maximum Gasteiger partial charge on any atom is 0.409 e. The fraction of sp³-hybridized carbons (Fsp3) is 0.438. The standard InChI is InChI=1S/C16H20N6O4/c1-3-25-16(24)22-8-6-21(7-9-22)15(23)12-4-5-13(19-18-12)17-14-10-11(2)26-20-14/h4-5,10H,3,6-9H2,1-2H3,(H,17,19,20). The summed E-state index contributed by atoms with van der Waals surface area (Å²) >= 11 is 0. The third-order valence-electron chi connectivity index (χ3n) is 3.86. The third kappa shape index (κ3) is 4.08. The molecule has 26 heavy (non-hydrogen) atoms. The van der Waals surface area contributed by atoms with E-state index >= 15 is 0 Å². The minimum atomic E-state index is -0.349. The van der Waals surface area contributed by atoms with Crippen molar-refractivity contribution in [2.75, 3.05) is 38.1 Å². The van der Waals surface area contributed by atoms with Crippen molar-refractivity contribution >= 4 is 23.6 Å². The van der Waals surface area contributed by atoms with Gasteiger partial charge in [0.2, 0.25) is 0 Å². The van der Waals surface area contributed by atoms with E-state index in [1.807, 2.05) is 0 Å². The lowest BCUT2D eigenvalue weighted by molar-refractivity contribution is 0.0565. The largest absolute Gasteiger partial charge is 0.450 e. The second-order valence-electron chi connectivity index (χ2n) is 5.73. The Hall–Kier alpha value is -3.17. The highest BCUT2D eigenvalue weighted by molar-refractivity contribution is 5.92. The van der Waals surface area contributed by atoms with Gasteiger partial charge in [-0.3, -0.25) is 4.79 Å². The zero-order chi connectivity index (χ0) is 18.5. The molecule has 0 bridgehead atoms. The highest BCUT2D eigenvalue weighted by Crippen LogP contribution is 2.14. The first-order valence-corrected chi connectivity index (χ1v) is 8.32. The van der Waals surface area contributed by atoms with Gasteiger partial charge in [0, 0.05) is 32.2 Å². The maximum atomic E-state index is 12.5. The third-order valence-corrected chi connectivity index (χ3v) is 3.86. The highest BCUT2D eigenvalue weighted by Gasteiger charge is 2.26. The number of carbonyl (C=O) groups is 2. The van der Waals surface area contributed by atoms with E-state index in [0.29, 0.717) is 50.2 Å². The average Bonchev–Trinajstić information content (AvgIpc) is 3.07. The van der Waals surface area contributed by atoms with Crippen LogP contribution in [0.15, 0.2) is 22.7 Å². The van der Waals surface area contributed by atoms with E-state index in [1.54, 1.807) is 41.8 Å². The van der Waals surface area contributed by atoms with Crippen molar-refractivity contribution in [3.05, 3.63) is 29.7 Å². The van der Waals surface area contributed by atoms with Gasteiger partial charge in [-0.15, -0.1) is 10.2 Å². The molecule has 1 aliphatic heterocycles. The van der Waals surface area contributed by atoms with Gasteiger partial charge in [0.25, 0.3) is 5.91 Å². The first-order chi connectivity index (χ1) is 12.6. The minimum absolute atomic E-state index is 0.218. The number of nitrogens with one attached hydrogen (secondary N) is 1. The Kier molecular flexibility index (Phi) is 5.30. The molecule has 0 unspecified atom stereocenters. The lowest BCUT2D eigenvalue weighted by atomic mass is 10.2. The number of amides is 2. The Balaban J connectivity index is 1.56. The van der Waals surface area contributed by atoms with Gasteiger partial charge in [-0.05, 0) is 26.0 Å². The zero-order valence-corrected chi connectivity index (χ0v) is 14.6. The summed E-state index contributed by atoms with van der Waals surface area (Å²) in [6.07, 6.45) is -0.349. The molecule has 2 aromatic rings. The molecular formula is C16H20N6O4. The van der Waals surface area contributed by atoms with Crippen LogP contribution in [0.3, 0.4) is 0 Å². The van der Waals surface area contributed by atoms with Crippen LogP contribution in [-0.4, -0.2) is 69.9 Å². The lowest BCUT2D eigenvalue weighted by Gasteiger charge is -2.33. The monoisotopic (exact) mass is 360 g/mol. The molecule has 0 saturated carbocycles. The summed E-state index contributed by atoms with van der Waals surface area (Å²) < 4.78 is 9.93. The molecule has 0 atom stereocenters. The van der Waals surface area contributed by atoms with Gasteiger partial charge in [-0.25, -0.2) is 4.79 Å². The fourth-order valence-electron chi connectivity index (χ4n) is 2.54. The number of hydrogen-bond acceptors (Lipinski definition) is 8. The Labute approximate surface area is 150 Å². The Morgan fingerprint density at radius 3 is 2.46 bits per heavy atom. The molecule has 1 N–H and O–H groups in total. The van der Waals surface area contributed by atoms with Crippen molar-refractivity contribution in [3.8, 4) is 0 Å². The fourth-order valence-corrected chi connectivity index (χ4v) is 2.54. The molecule has 0 aliphatic carbocycles. The van der Waals surface area contributed by atoms with Crippen molar-refractivity contribution in [3.63, 3.8) is 0 Å². The molecule has 3 rings (SSSR count). The Morgan fingerprint density at radius 1 is 1.15 bits per heavy atom. The normalized spacial score (nSPS) is 14.2. The number of piperazine rings is 1. The van der Waals surface area contributed by atoms with Crippen molar-refractivity contribution in [1.29, 1.82) is 0 Å². The smallest absolute Gasteiger partial charge is 0.409 e. The number of hydrogen-bond donors (Lipinski definition) is 1. The molecule has 0 radical (unpaired) electrons. The first kappa shape index (κ1) is 17.6. The topological polar surface area (TPSA) is 114 Å². The summed E-state index contributed by atoms with van der Waals surface area (Å²) in [6, 6.07) is 4.98. The minimum Gasteiger partial charge on any atom is -0.450 e. The summed E-state index contributed by atoms with van der Waals surface area (Å²) in [5.41, 5.74) is 0.247. The Bertz CT molecular complexity index is 767. The van der Waals surface area contributed by atoms with Gasteiger partial charge in [-0.2, -0.15) is 0 Å². The van der Waals surface area contributed by atoms with Gasteiger partial charge in [0.1, 0.15) is 5.76 Å². The highest BCUT2D eigenvalue weighted by atomic mass is 16.6. The predicted octanol–water partition coefficient (Wildman–Crippen LogP) is 1.43. The van der Waals surface area contributed by atoms with E-state index in [4.69, 9.17) is 9.26 Å². The molecule has 1 saturated heterocycles. The summed E-state index contributed by atoms with van der Waals surface area (Å²) in [4.78, 5) is 27.4. The lowest BCUT2D eigenvalue weighted by Crippen LogP contribution is -2.50. The molecule has 1 aliphatic rings. The predicted molar refractivity (Wildman–Crippen MR) is 91.1 cm³/mol. The number of ether oxygens (including phenoxy) is 1. The summed E-state index contributed by atoms with van der Waals surface area (Å²) in [5.74, 6) is 1.44. The quantitative estimate of drug-likeness (QED) is 0.871. The van der Waals surface area contributed by atoms with Crippen LogP contribution in [0.4, 0.5) is 16.4 Å². The van der Waals surface area contributed by atoms with E-state index in [-0.39, 0.29) is 17.7 Å². The van der Waals surface area contributed by atoms with Crippen LogP contribution in [-0.2, 0) is 4.74 Å². The number of rotatable bonds is 4. The van der Waals surface area contributed by atoms with Crippen molar-refractivity contribution < 1.29 is 18.8 Å². The van der Waals surface area contributed by atoms with Crippen LogP contribution in [0.5, 0.6) is 0 Å². The van der Waals surface area contributed by atoms with Crippen molar-refractivity contribution in [2.24, 2.45) is 0 Å². The van der Waals surface area contributed by atoms with E-state index in [1.165, 1.54) is 0 Å². The SMILES string of the molecule is CCOC(=O)N1CCN(C(=O)c2ccc(Nc3cc(C)on3)nn2)CC1. The van der Waals surface area contributed by atoms with Crippen LogP contribution >= 0.6 is 0 Å². The van der Waals surface area contributed by atoms with Crippen molar-refractivity contribution in [2.45, 2.75) is 13.8 Å². The van der Waals surface area contributed by atoms with Crippen molar-refractivity contribution in [1.82, 2.24) is 25.2 Å². The van der Waals surface area contributed by atoms with Gasteiger partial charge < -0.3 is 24.4 Å². The molecule has 10 nitrogen and oxygen atoms in total. The number of aromatic nitrogens is 3. The first-order valence-electron chi connectivity index (χ1n) is 8.32. The van der Waals surface area contributed by atoms with Crippen LogP contribution < -0.4 is 5.32 Å². The molecule has 0 aromatic carbocycles. The molecular weight excluding hydrogens is 340 g/mol. The van der Waals surface area contributed by atoms with Crippen LogP contribution in [0.1, 0.15) is 23.2 Å². The van der Waals surface area contributed by atoms with Gasteiger partial charge in [0.05, 0.1) is 6.61 Å². The summed E-state index contributed by atoms with van der Waals surface area (Å²) in [7, 11) is 0. The molecule has 1 fully saturated rings. The zero-order valence-electron chi connectivity index (χ0n) is 14.6. The van der Waals surface area contributed by atoms with Gasteiger partial charge >= 0.3 is 6.09 Å². The average molecular weight is 360 g/mol. The number of carbonyl (C=O) groups excluding carboxylic acids is 2. The number of anilines is 2. The summed E-state index contributed by atoms with van der Waals surface area (Å²) in [5, 5.41) is 14.7. The summed E-state index contributed by atoms with van der Waals surface area (Å²) in [6.45, 7) is 5.61. The van der Waals surface area contributed by atoms with E-state index in [2.05, 4.69) is 20.7 Å². The number of nitrogens with zero attached hydrogens (tertiary/aromatic N) is 5. The van der Waals surface area contributed by atoms with E-state index < -0.39 is 0 Å². The number of aryl methyl sites for hydroxylation is 1. The molecule has 10 heteroatoms. The van der Waals surface area contributed by atoms with E-state index in [0.717, 1.165) is 0 Å². The van der Waals surface area contributed by atoms with Gasteiger partial charge in [-0.1, -0.05) is 5.16 Å². The van der Waals surface area contributed by atoms with Crippen LogP contribution in [0, 0.1) is 6.92 Å². The van der Waals surface area contributed by atoms with Crippen LogP contribution in [0.2, 0.25) is 0 Å². The molecule has 3 heterocycles. The molecule has 2 aromatic heterocycles. The maximum absolute atomic E-state index is 12.5. The molecule has 0 spiro atoms.